The molecule has 1 aliphatic rings. The molecule has 162 valence electrons. The van der Waals surface area contributed by atoms with Gasteiger partial charge in [-0.15, -0.1) is 0 Å². The number of benzene rings is 2. The van der Waals surface area contributed by atoms with Gasteiger partial charge in [0.25, 0.3) is 0 Å². The Morgan fingerprint density at radius 2 is 1.67 bits per heavy atom. The van der Waals surface area contributed by atoms with Gasteiger partial charge in [-0.2, -0.15) is 5.26 Å². The maximum atomic E-state index is 13.4. The van der Waals surface area contributed by atoms with Gasteiger partial charge in [0.1, 0.15) is 6.17 Å². The fourth-order valence-corrected chi connectivity index (χ4v) is 4.35. The van der Waals surface area contributed by atoms with Crippen molar-refractivity contribution < 1.29 is 4.39 Å². The van der Waals surface area contributed by atoms with Crippen LogP contribution in [0.2, 0.25) is 0 Å². The van der Waals surface area contributed by atoms with Crippen LogP contribution in [0.25, 0.3) is 0 Å². The van der Waals surface area contributed by atoms with E-state index in [9.17, 15) is 4.39 Å². The predicted octanol–water partition coefficient (Wildman–Crippen LogP) is 6.71. The molecule has 3 rings (SSSR count). The van der Waals surface area contributed by atoms with Crippen molar-refractivity contribution in [2.45, 2.75) is 77.4 Å². The third-order valence-electron chi connectivity index (χ3n) is 6.23. The molecule has 1 aliphatic carbocycles. The van der Waals surface area contributed by atoms with Crippen LogP contribution in [0.1, 0.15) is 69.1 Å². The molecule has 0 aromatic heterocycles. The van der Waals surface area contributed by atoms with Gasteiger partial charge in [-0.1, -0.05) is 61.5 Å². The summed E-state index contributed by atoms with van der Waals surface area (Å²) in [5.74, 6) is 0.432. The summed E-state index contributed by atoms with van der Waals surface area (Å²) in [6.07, 6.45) is 5.27. The summed E-state index contributed by atoms with van der Waals surface area (Å²) < 4.78 is 13.4. The molecule has 0 radical (unpaired) electrons. The SMILES string of the molecule is CC#N.CCN(CCc1ccccc1)C(C)CCc1ccc(C2CCC(F)C2)cc1. The Bertz CT molecular complexity index is 751. The van der Waals surface area contributed by atoms with Crippen molar-refractivity contribution in [2.75, 3.05) is 13.1 Å². The molecule has 30 heavy (non-hydrogen) atoms. The van der Waals surface area contributed by atoms with Gasteiger partial charge in [0.05, 0.1) is 6.07 Å². The number of likely N-dealkylation sites (N-methyl/N-ethyl adjacent to an activating group) is 1. The largest absolute Gasteiger partial charge is 0.301 e. The van der Waals surface area contributed by atoms with Crippen molar-refractivity contribution >= 4 is 0 Å². The molecule has 1 fully saturated rings. The summed E-state index contributed by atoms with van der Waals surface area (Å²) in [4.78, 5) is 2.58. The lowest BCUT2D eigenvalue weighted by atomic mass is 9.95. The zero-order valence-corrected chi connectivity index (χ0v) is 18.9. The summed E-state index contributed by atoms with van der Waals surface area (Å²) in [6.45, 7) is 8.25. The van der Waals surface area contributed by atoms with Gasteiger partial charge in [0.2, 0.25) is 0 Å². The minimum atomic E-state index is -0.591. The average Bonchev–Trinajstić information content (AvgIpc) is 3.20. The Labute approximate surface area is 182 Å². The first kappa shape index (κ1) is 24.1. The van der Waals surface area contributed by atoms with Crippen LogP contribution in [0.5, 0.6) is 0 Å². The van der Waals surface area contributed by atoms with E-state index in [1.807, 2.05) is 0 Å². The van der Waals surface area contributed by atoms with Crippen molar-refractivity contribution in [1.82, 2.24) is 4.90 Å². The van der Waals surface area contributed by atoms with Gasteiger partial charge < -0.3 is 4.90 Å². The molecule has 0 bridgehead atoms. The van der Waals surface area contributed by atoms with Crippen LogP contribution in [0.3, 0.4) is 0 Å². The minimum Gasteiger partial charge on any atom is -0.301 e. The number of nitriles is 1. The zero-order chi connectivity index (χ0) is 21.8. The summed E-state index contributed by atoms with van der Waals surface area (Å²) in [5, 5.41) is 7.32. The van der Waals surface area contributed by atoms with Crippen LogP contribution >= 0.6 is 0 Å². The smallest absolute Gasteiger partial charge is 0.101 e. The fourth-order valence-electron chi connectivity index (χ4n) is 4.35. The van der Waals surface area contributed by atoms with Crippen LogP contribution in [0, 0.1) is 11.3 Å². The Morgan fingerprint density at radius 3 is 2.23 bits per heavy atom. The average molecular weight is 409 g/mol. The highest BCUT2D eigenvalue weighted by Crippen LogP contribution is 2.36. The van der Waals surface area contributed by atoms with Gasteiger partial charge >= 0.3 is 0 Å². The lowest BCUT2D eigenvalue weighted by Crippen LogP contribution is -2.35. The first-order valence-electron chi connectivity index (χ1n) is 11.4. The Kier molecular flexibility index (Phi) is 10.6. The molecule has 3 heteroatoms. The van der Waals surface area contributed by atoms with Crippen LogP contribution < -0.4 is 0 Å². The van der Waals surface area contributed by atoms with E-state index in [1.54, 1.807) is 6.07 Å². The van der Waals surface area contributed by atoms with Gasteiger partial charge in [0, 0.05) is 19.5 Å². The van der Waals surface area contributed by atoms with E-state index in [0.29, 0.717) is 18.4 Å². The van der Waals surface area contributed by atoms with E-state index in [4.69, 9.17) is 5.26 Å². The number of alkyl halides is 1. The van der Waals surface area contributed by atoms with Crippen molar-refractivity contribution in [1.29, 1.82) is 5.26 Å². The first-order valence-corrected chi connectivity index (χ1v) is 11.4. The van der Waals surface area contributed by atoms with Crippen LogP contribution in [-0.4, -0.2) is 30.2 Å². The van der Waals surface area contributed by atoms with Gasteiger partial charge in [-0.3, -0.25) is 0 Å². The molecule has 2 nitrogen and oxygen atoms in total. The maximum absolute atomic E-state index is 13.4. The molecule has 2 aromatic rings. The summed E-state index contributed by atoms with van der Waals surface area (Å²) in [6, 6.07) is 22.1. The van der Waals surface area contributed by atoms with Crippen LogP contribution in [0.4, 0.5) is 4.39 Å². The van der Waals surface area contributed by atoms with Crippen molar-refractivity contribution in [3.63, 3.8) is 0 Å². The lowest BCUT2D eigenvalue weighted by Gasteiger charge is -2.28. The third-order valence-corrected chi connectivity index (χ3v) is 6.23. The second-order valence-electron chi connectivity index (χ2n) is 8.32. The lowest BCUT2D eigenvalue weighted by molar-refractivity contribution is 0.212. The molecule has 0 saturated heterocycles. The Morgan fingerprint density at radius 1 is 1.03 bits per heavy atom. The molecule has 1 saturated carbocycles. The molecule has 0 heterocycles. The number of aryl methyl sites for hydroxylation is 1. The van der Waals surface area contributed by atoms with E-state index >= 15 is 0 Å². The number of hydrogen-bond donors (Lipinski definition) is 0. The minimum absolute atomic E-state index is 0.432. The van der Waals surface area contributed by atoms with E-state index in [-0.39, 0.29) is 0 Å². The Hall–Kier alpha value is -2.18. The van der Waals surface area contributed by atoms with E-state index < -0.39 is 6.17 Å². The predicted molar refractivity (Wildman–Crippen MR) is 124 cm³/mol. The molecule has 0 spiro atoms. The quantitative estimate of drug-likeness (QED) is 0.461. The van der Waals surface area contributed by atoms with Gasteiger partial charge in [-0.05, 0) is 74.6 Å². The molecule has 3 unspecified atom stereocenters. The Balaban J connectivity index is 0.00000101. The van der Waals surface area contributed by atoms with Crippen molar-refractivity contribution in [3.8, 4) is 6.07 Å². The highest BCUT2D eigenvalue weighted by atomic mass is 19.1. The zero-order valence-electron chi connectivity index (χ0n) is 18.9. The van der Waals surface area contributed by atoms with Gasteiger partial charge in [-0.25, -0.2) is 4.39 Å². The maximum Gasteiger partial charge on any atom is 0.101 e. The summed E-state index contributed by atoms with van der Waals surface area (Å²) in [7, 11) is 0. The standard InChI is InChI=1S/C25H34FN.C2H3N/c1-3-27(18-17-21-7-5-4-6-8-21)20(2)9-10-22-11-13-23(14-12-22)24-15-16-25(26)19-24;1-2-3/h4-8,11-14,20,24-25H,3,9-10,15-19H2,1-2H3;1H3. The second kappa shape index (κ2) is 13.2. The highest BCUT2D eigenvalue weighted by molar-refractivity contribution is 5.26. The number of hydrogen-bond acceptors (Lipinski definition) is 2. The molecule has 0 amide bonds. The van der Waals surface area contributed by atoms with Crippen LogP contribution in [-0.2, 0) is 12.8 Å². The van der Waals surface area contributed by atoms with E-state index in [1.165, 1.54) is 30.0 Å². The molecular weight excluding hydrogens is 371 g/mol. The summed E-state index contributed by atoms with van der Waals surface area (Å²) in [5.41, 5.74) is 4.14. The van der Waals surface area contributed by atoms with Crippen molar-refractivity contribution in [2.24, 2.45) is 0 Å². The summed E-state index contributed by atoms with van der Waals surface area (Å²) >= 11 is 0. The van der Waals surface area contributed by atoms with E-state index in [2.05, 4.69) is 73.3 Å². The van der Waals surface area contributed by atoms with Crippen molar-refractivity contribution in [3.05, 3.63) is 71.3 Å². The monoisotopic (exact) mass is 408 g/mol. The molecule has 2 aromatic carbocycles. The topological polar surface area (TPSA) is 27.0 Å². The van der Waals surface area contributed by atoms with Crippen LogP contribution in [0.15, 0.2) is 54.6 Å². The molecule has 0 aliphatic heterocycles. The highest BCUT2D eigenvalue weighted by Gasteiger charge is 2.25. The third kappa shape index (κ3) is 7.92. The number of halogens is 1. The molecular formula is C27H37FN2. The molecule has 3 atom stereocenters. The van der Waals surface area contributed by atoms with E-state index in [0.717, 1.165) is 38.8 Å². The number of nitrogens with zero attached hydrogens (tertiary/aromatic N) is 2. The van der Waals surface area contributed by atoms with Gasteiger partial charge in [0.15, 0.2) is 0 Å². The fraction of sp³-hybridized carbons (Fsp3) is 0.519. The number of rotatable bonds is 9. The second-order valence-corrected chi connectivity index (χ2v) is 8.32. The first-order chi connectivity index (χ1) is 14.6. The normalized spacial score (nSPS) is 19.1. The molecule has 0 N–H and O–H groups in total.